The minimum atomic E-state index is 0.0544. The molecular weight excluding hydrogens is 384 g/mol. The third-order valence-electron chi connectivity index (χ3n) is 6.07. The molecule has 2 atom stereocenters. The molecule has 0 radical (unpaired) electrons. The maximum Gasteiger partial charge on any atom is 0.261 e. The van der Waals surface area contributed by atoms with E-state index in [1.807, 2.05) is 17.6 Å². The summed E-state index contributed by atoms with van der Waals surface area (Å²) in [6, 6.07) is 6.14. The summed E-state index contributed by atoms with van der Waals surface area (Å²) in [6.45, 7) is 4.48. The minimum absolute atomic E-state index is 0.0544. The van der Waals surface area contributed by atoms with Crippen LogP contribution in [0.1, 0.15) is 23.9 Å². The fourth-order valence-electron chi connectivity index (χ4n) is 4.90. The average Bonchev–Trinajstić information content (AvgIpc) is 3.40. The van der Waals surface area contributed by atoms with E-state index in [0.29, 0.717) is 23.2 Å². The van der Waals surface area contributed by atoms with Gasteiger partial charge in [-0.25, -0.2) is 15.0 Å². The first-order valence-corrected chi connectivity index (χ1v) is 10.8. The number of pyridine rings is 1. The van der Waals surface area contributed by atoms with Crippen LogP contribution in [0.25, 0.3) is 21.6 Å². The van der Waals surface area contributed by atoms with Crippen LogP contribution < -0.4 is 10.5 Å². The Kier molecular flexibility index (Phi) is 3.64. The number of nitrogens with zero attached hydrogens (tertiary/aromatic N) is 5. The molecule has 4 aromatic rings. The summed E-state index contributed by atoms with van der Waals surface area (Å²) in [4.78, 5) is 33.3. The summed E-state index contributed by atoms with van der Waals surface area (Å²) in [5.41, 5.74) is 1.82. The highest BCUT2D eigenvalue weighted by Gasteiger charge is 2.36. The highest BCUT2D eigenvalue weighted by atomic mass is 32.1. The molecule has 2 bridgehead atoms. The zero-order valence-electron chi connectivity index (χ0n) is 16.0. The first-order chi connectivity index (χ1) is 14.2. The highest BCUT2D eigenvalue weighted by Crippen LogP contribution is 2.39. The van der Waals surface area contributed by atoms with Crippen LogP contribution in [0.4, 0.5) is 5.82 Å². The van der Waals surface area contributed by atoms with Crippen LogP contribution in [0.3, 0.4) is 0 Å². The monoisotopic (exact) mass is 404 g/mol. The molecule has 7 nitrogen and oxygen atoms in total. The summed E-state index contributed by atoms with van der Waals surface area (Å²) in [5.74, 6) is 3.23. The lowest BCUT2D eigenvalue weighted by Gasteiger charge is -2.43. The van der Waals surface area contributed by atoms with E-state index in [1.54, 1.807) is 23.7 Å². The SMILES string of the molecule is Cc1nc(N2C[C@@H]3C[C@H](C2)c2ccc(-c4ncc[nH]4)c(=O)n2C3)c2ccsc2n1. The number of piperidine rings is 1. The number of aromatic nitrogens is 5. The number of imidazole rings is 1. The van der Waals surface area contributed by atoms with Crippen LogP contribution in [0, 0.1) is 12.8 Å². The molecule has 4 aromatic heterocycles. The molecule has 6 rings (SSSR count). The Hall–Kier alpha value is -3.00. The van der Waals surface area contributed by atoms with E-state index >= 15 is 0 Å². The van der Waals surface area contributed by atoms with Crippen molar-refractivity contribution >= 4 is 27.4 Å². The van der Waals surface area contributed by atoms with E-state index in [9.17, 15) is 4.79 Å². The molecule has 2 aliphatic heterocycles. The Morgan fingerprint density at radius 3 is 2.97 bits per heavy atom. The van der Waals surface area contributed by atoms with Crippen LogP contribution >= 0.6 is 11.3 Å². The fourth-order valence-corrected chi connectivity index (χ4v) is 5.70. The van der Waals surface area contributed by atoms with Gasteiger partial charge in [-0.1, -0.05) is 0 Å². The summed E-state index contributed by atoms with van der Waals surface area (Å²) in [6.07, 6.45) is 4.55. The number of thiophene rings is 1. The molecule has 0 aliphatic carbocycles. The molecule has 0 amide bonds. The smallest absolute Gasteiger partial charge is 0.261 e. The van der Waals surface area contributed by atoms with Gasteiger partial charge in [0.1, 0.15) is 22.3 Å². The van der Waals surface area contributed by atoms with Crippen LogP contribution in [-0.4, -0.2) is 37.6 Å². The average molecular weight is 404 g/mol. The number of hydrogen-bond acceptors (Lipinski definition) is 6. The molecule has 29 heavy (non-hydrogen) atoms. The van der Waals surface area contributed by atoms with Gasteiger partial charge in [0.15, 0.2) is 0 Å². The van der Waals surface area contributed by atoms with Crippen molar-refractivity contribution in [2.45, 2.75) is 25.8 Å². The molecular formula is C21H20N6OS. The molecule has 0 spiro atoms. The number of fused-ring (bicyclic) bond motifs is 5. The Morgan fingerprint density at radius 2 is 2.10 bits per heavy atom. The number of rotatable bonds is 2. The number of aromatic amines is 1. The number of anilines is 1. The van der Waals surface area contributed by atoms with Gasteiger partial charge in [-0.05, 0) is 42.8 Å². The first-order valence-electron chi connectivity index (χ1n) is 9.87. The second-order valence-corrected chi connectivity index (χ2v) is 8.86. The number of aryl methyl sites for hydroxylation is 1. The van der Waals surface area contributed by atoms with Crippen molar-refractivity contribution in [2.75, 3.05) is 18.0 Å². The summed E-state index contributed by atoms with van der Waals surface area (Å²) in [5, 5.41) is 3.21. The van der Waals surface area contributed by atoms with E-state index in [1.165, 1.54) is 0 Å². The number of H-pyrrole nitrogens is 1. The zero-order chi connectivity index (χ0) is 19.5. The van der Waals surface area contributed by atoms with E-state index in [2.05, 4.69) is 37.4 Å². The number of hydrogen-bond donors (Lipinski definition) is 1. The van der Waals surface area contributed by atoms with Gasteiger partial charge < -0.3 is 14.5 Å². The largest absolute Gasteiger partial charge is 0.355 e. The molecule has 0 unspecified atom stereocenters. The van der Waals surface area contributed by atoms with Crippen molar-refractivity contribution < 1.29 is 0 Å². The van der Waals surface area contributed by atoms with Crippen LogP contribution in [-0.2, 0) is 6.54 Å². The second-order valence-electron chi connectivity index (χ2n) is 7.96. The van der Waals surface area contributed by atoms with Gasteiger partial charge in [-0.2, -0.15) is 0 Å². The van der Waals surface area contributed by atoms with E-state index in [0.717, 1.165) is 53.6 Å². The van der Waals surface area contributed by atoms with Crippen molar-refractivity contribution in [3.05, 3.63) is 57.8 Å². The highest BCUT2D eigenvalue weighted by molar-refractivity contribution is 7.16. The van der Waals surface area contributed by atoms with Gasteiger partial charge in [0.2, 0.25) is 0 Å². The van der Waals surface area contributed by atoms with Crippen LogP contribution in [0.2, 0.25) is 0 Å². The quantitative estimate of drug-likeness (QED) is 0.555. The van der Waals surface area contributed by atoms with E-state index in [4.69, 9.17) is 4.98 Å². The predicted molar refractivity (Wildman–Crippen MR) is 113 cm³/mol. The van der Waals surface area contributed by atoms with E-state index in [-0.39, 0.29) is 5.56 Å². The third-order valence-corrected chi connectivity index (χ3v) is 6.88. The predicted octanol–water partition coefficient (Wildman–Crippen LogP) is 3.18. The molecule has 0 saturated carbocycles. The Bertz CT molecular complexity index is 1270. The lowest BCUT2D eigenvalue weighted by Crippen LogP contribution is -2.47. The molecule has 2 aliphatic rings. The molecule has 0 aromatic carbocycles. The lowest BCUT2D eigenvalue weighted by molar-refractivity contribution is 0.281. The van der Waals surface area contributed by atoms with Crippen LogP contribution in [0.5, 0.6) is 0 Å². The molecule has 8 heteroatoms. The molecule has 6 heterocycles. The standard InChI is InChI=1S/C21H20N6OS/c1-12-24-19(16-4-7-29-20(16)25-12)26-9-13-8-14(11-26)17-3-2-15(18-22-5-6-23-18)21(28)27(17)10-13/h2-7,13-14H,8-11H2,1H3,(H,22,23)/t13-,14+/m0/s1. The molecule has 1 saturated heterocycles. The fraction of sp³-hybridized carbons (Fsp3) is 0.333. The molecule has 1 fully saturated rings. The Morgan fingerprint density at radius 1 is 1.17 bits per heavy atom. The Labute approximate surface area is 171 Å². The van der Waals surface area contributed by atoms with Crippen molar-refractivity contribution in [3.8, 4) is 11.4 Å². The topological polar surface area (TPSA) is 79.7 Å². The molecule has 1 N–H and O–H groups in total. The van der Waals surface area contributed by atoms with Gasteiger partial charge >= 0.3 is 0 Å². The normalized spacial score (nSPS) is 20.8. The van der Waals surface area contributed by atoms with Gasteiger partial charge in [0.05, 0.1) is 10.9 Å². The third kappa shape index (κ3) is 2.62. The van der Waals surface area contributed by atoms with Gasteiger partial charge in [-0.3, -0.25) is 4.79 Å². The van der Waals surface area contributed by atoms with Gasteiger partial charge in [0, 0.05) is 43.6 Å². The molecule has 146 valence electrons. The summed E-state index contributed by atoms with van der Waals surface area (Å²) < 4.78 is 1.97. The zero-order valence-corrected chi connectivity index (χ0v) is 16.8. The van der Waals surface area contributed by atoms with Gasteiger partial charge in [0.25, 0.3) is 5.56 Å². The van der Waals surface area contributed by atoms with Gasteiger partial charge in [-0.15, -0.1) is 11.3 Å². The second kappa shape index (κ2) is 6.25. The minimum Gasteiger partial charge on any atom is -0.355 e. The van der Waals surface area contributed by atoms with Crippen molar-refractivity contribution in [3.63, 3.8) is 0 Å². The summed E-state index contributed by atoms with van der Waals surface area (Å²) >= 11 is 1.66. The number of nitrogens with one attached hydrogen (secondary N) is 1. The maximum atomic E-state index is 13.1. The lowest BCUT2D eigenvalue weighted by atomic mass is 9.83. The van der Waals surface area contributed by atoms with Crippen molar-refractivity contribution in [2.24, 2.45) is 5.92 Å². The first kappa shape index (κ1) is 16.9. The Balaban J connectivity index is 1.40. The maximum absolute atomic E-state index is 13.1. The van der Waals surface area contributed by atoms with Crippen LogP contribution in [0.15, 0.2) is 40.8 Å². The summed E-state index contributed by atoms with van der Waals surface area (Å²) in [7, 11) is 0. The van der Waals surface area contributed by atoms with Crippen molar-refractivity contribution in [1.29, 1.82) is 0 Å². The van der Waals surface area contributed by atoms with E-state index < -0.39 is 0 Å². The van der Waals surface area contributed by atoms with Crippen molar-refractivity contribution in [1.82, 2.24) is 24.5 Å².